The van der Waals surface area contributed by atoms with Crippen molar-refractivity contribution in [2.45, 2.75) is 26.9 Å². The maximum atomic E-state index is 10.9. The molecular weight excluding hydrogens is 248 g/mol. The molecule has 0 aromatic heterocycles. The number of hydrogen-bond acceptors (Lipinski definition) is 2. The summed E-state index contributed by atoms with van der Waals surface area (Å²) in [5.74, 6) is -0.0461. The first-order valence-electron chi connectivity index (χ1n) is 6.76. The molecule has 0 aliphatic heterocycles. The summed E-state index contributed by atoms with van der Waals surface area (Å²) in [6.07, 6.45) is 0. The van der Waals surface area contributed by atoms with Crippen molar-refractivity contribution in [1.82, 2.24) is 5.32 Å². The minimum Gasteiger partial charge on any atom is -0.326 e. The first-order valence-corrected chi connectivity index (χ1v) is 6.76. The van der Waals surface area contributed by atoms with E-state index < -0.39 is 0 Å². The summed E-state index contributed by atoms with van der Waals surface area (Å²) in [5.41, 5.74) is 4.60. The van der Waals surface area contributed by atoms with Gasteiger partial charge in [0.2, 0.25) is 5.91 Å². The van der Waals surface area contributed by atoms with Gasteiger partial charge in [-0.25, -0.2) is 0 Å². The molecule has 0 aliphatic rings. The van der Waals surface area contributed by atoms with Crippen LogP contribution in [0.1, 0.15) is 23.6 Å². The average molecular weight is 268 g/mol. The van der Waals surface area contributed by atoms with E-state index in [0.29, 0.717) is 0 Å². The summed E-state index contributed by atoms with van der Waals surface area (Å²) in [6.45, 7) is 5.27. The van der Waals surface area contributed by atoms with Crippen molar-refractivity contribution < 1.29 is 4.79 Å². The number of aryl methyl sites for hydroxylation is 1. The number of rotatable bonds is 5. The van der Waals surface area contributed by atoms with E-state index in [1.54, 1.807) is 0 Å². The Morgan fingerprint density at radius 1 is 0.900 bits per heavy atom. The van der Waals surface area contributed by atoms with Gasteiger partial charge in [-0.15, -0.1) is 0 Å². The summed E-state index contributed by atoms with van der Waals surface area (Å²) in [7, 11) is 0. The van der Waals surface area contributed by atoms with Crippen LogP contribution in [0.2, 0.25) is 0 Å². The Balaban J connectivity index is 1.82. The summed E-state index contributed by atoms with van der Waals surface area (Å²) >= 11 is 0. The second-order valence-electron chi connectivity index (χ2n) is 4.97. The van der Waals surface area contributed by atoms with Gasteiger partial charge in [0.1, 0.15) is 0 Å². The van der Waals surface area contributed by atoms with Crippen molar-refractivity contribution in [1.29, 1.82) is 0 Å². The van der Waals surface area contributed by atoms with Crippen LogP contribution in [0, 0.1) is 6.92 Å². The number of nitrogens with one attached hydrogen (secondary N) is 2. The number of carbonyl (C=O) groups excluding carboxylic acids is 1. The monoisotopic (exact) mass is 268 g/mol. The second kappa shape index (κ2) is 6.87. The lowest BCUT2D eigenvalue weighted by atomic mass is 10.1. The van der Waals surface area contributed by atoms with Gasteiger partial charge in [0.25, 0.3) is 0 Å². The molecule has 0 heterocycles. The zero-order valence-electron chi connectivity index (χ0n) is 11.9. The molecule has 0 aliphatic carbocycles. The fraction of sp³-hybridized carbons (Fsp3) is 0.235. The third-order valence-corrected chi connectivity index (χ3v) is 3.05. The maximum absolute atomic E-state index is 10.9. The smallest absolute Gasteiger partial charge is 0.221 e. The van der Waals surface area contributed by atoms with Crippen LogP contribution in [0.15, 0.2) is 48.5 Å². The molecule has 0 fully saturated rings. The van der Waals surface area contributed by atoms with E-state index in [1.165, 1.54) is 23.6 Å². The van der Waals surface area contributed by atoms with Crippen LogP contribution >= 0.6 is 0 Å². The fourth-order valence-electron chi connectivity index (χ4n) is 1.97. The topological polar surface area (TPSA) is 41.1 Å². The van der Waals surface area contributed by atoms with Crippen LogP contribution in [-0.2, 0) is 17.9 Å². The zero-order valence-corrected chi connectivity index (χ0v) is 11.9. The molecule has 2 N–H and O–H groups in total. The lowest BCUT2D eigenvalue weighted by Gasteiger charge is -2.07. The van der Waals surface area contributed by atoms with Crippen LogP contribution in [0.5, 0.6) is 0 Å². The van der Waals surface area contributed by atoms with Crippen molar-refractivity contribution in [3.63, 3.8) is 0 Å². The van der Waals surface area contributed by atoms with Crippen LogP contribution in [0.4, 0.5) is 5.69 Å². The Labute approximate surface area is 120 Å². The van der Waals surface area contributed by atoms with Crippen LogP contribution in [0.3, 0.4) is 0 Å². The summed E-state index contributed by atoms with van der Waals surface area (Å²) < 4.78 is 0. The lowest BCUT2D eigenvalue weighted by molar-refractivity contribution is -0.114. The van der Waals surface area contributed by atoms with Crippen molar-refractivity contribution in [2.75, 3.05) is 5.32 Å². The SMILES string of the molecule is CC(=O)Nc1ccc(CNCc2ccc(C)cc2)cc1. The molecule has 0 radical (unpaired) electrons. The molecular formula is C17H20N2O. The Hall–Kier alpha value is -2.13. The quantitative estimate of drug-likeness (QED) is 0.874. The molecule has 0 spiro atoms. The van der Waals surface area contributed by atoms with Crippen molar-refractivity contribution in [2.24, 2.45) is 0 Å². The van der Waals surface area contributed by atoms with Crippen LogP contribution in [0.25, 0.3) is 0 Å². The van der Waals surface area contributed by atoms with E-state index in [2.05, 4.69) is 41.8 Å². The maximum Gasteiger partial charge on any atom is 0.221 e. The fourth-order valence-corrected chi connectivity index (χ4v) is 1.97. The molecule has 0 saturated carbocycles. The van der Waals surface area contributed by atoms with Gasteiger partial charge in [-0.1, -0.05) is 42.0 Å². The van der Waals surface area contributed by atoms with Gasteiger partial charge in [0, 0.05) is 25.7 Å². The highest BCUT2D eigenvalue weighted by atomic mass is 16.1. The van der Waals surface area contributed by atoms with Crippen molar-refractivity contribution in [3.05, 3.63) is 65.2 Å². The van der Waals surface area contributed by atoms with E-state index in [1.807, 2.05) is 24.3 Å². The van der Waals surface area contributed by atoms with E-state index in [4.69, 9.17) is 0 Å². The third kappa shape index (κ3) is 4.52. The predicted molar refractivity (Wildman–Crippen MR) is 82.5 cm³/mol. The third-order valence-electron chi connectivity index (χ3n) is 3.05. The minimum absolute atomic E-state index is 0.0461. The van der Waals surface area contributed by atoms with Gasteiger partial charge in [-0.2, -0.15) is 0 Å². The summed E-state index contributed by atoms with van der Waals surface area (Å²) in [6, 6.07) is 16.4. The normalized spacial score (nSPS) is 10.3. The predicted octanol–water partition coefficient (Wildman–Crippen LogP) is 3.24. The highest BCUT2D eigenvalue weighted by Crippen LogP contribution is 2.09. The highest BCUT2D eigenvalue weighted by Gasteiger charge is 1.97. The average Bonchev–Trinajstić information content (AvgIpc) is 2.42. The molecule has 104 valence electrons. The minimum atomic E-state index is -0.0461. The zero-order chi connectivity index (χ0) is 14.4. The van der Waals surface area contributed by atoms with E-state index in [9.17, 15) is 4.79 Å². The number of amides is 1. The number of hydrogen-bond donors (Lipinski definition) is 2. The summed E-state index contributed by atoms with van der Waals surface area (Å²) in [5, 5.41) is 6.17. The van der Waals surface area contributed by atoms with Gasteiger partial charge in [0.05, 0.1) is 0 Å². The second-order valence-corrected chi connectivity index (χ2v) is 4.97. The molecule has 2 aromatic rings. The standard InChI is InChI=1S/C17H20N2O/c1-13-3-5-15(6-4-13)11-18-12-16-7-9-17(10-8-16)19-14(2)20/h3-10,18H,11-12H2,1-2H3,(H,19,20). The molecule has 0 saturated heterocycles. The van der Waals surface area contributed by atoms with E-state index in [-0.39, 0.29) is 5.91 Å². The Morgan fingerprint density at radius 2 is 1.40 bits per heavy atom. The highest BCUT2D eigenvalue weighted by molar-refractivity contribution is 5.88. The molecule has 0 bridgehead atoms. The molecule has 2 aromatic carbocycles. The van der Waals surface area contributed by atoms with Gasteiger partial charge in [0.15, 0.2) is 0 Å². The van der Waals surface area contributed by atoms with E-state index >= 15 is 0 Å². The largest absolute Gasteiger partial charge is 0.326 e. The molecule has 3 nitrogen and oxygen atoms in total. The molecule has 0 atom stereocenters. The number of carbonyl (C=O) groups is 1. The summed E-state index contributed by atoms with van der Waals surface area (Å²) in [4.78, 5) is 10.9. The molecule has 2 rings (SSSR count). The Kier molecular flexibility index (Phi) is 4.91. The van der Waals surface area contributed by atoms with Crippen molar-refractivity contribution in [3.8, 4) is 0 Å². The first kappa shape index (κ1) is 14.3. The molecule has 20 heavy (non-hydrogen) atoms. The van der Waals surface area contributed by atoms with Gasteiger partial charge in [-0.3, -0.25) is 4.79 Å². The molecule has 1 amide bonds. The first-order chi connectivity index (χ1) is 9.63. The van der Waals surface area contributed by atoms with Gasteiger partial charge in [-0.05, 0) is 30.2 Å². The van der Waals surface area contributed by atoms with E-state index in [0.717, 1.165) is 18.8 Å². The van der Waals surface area contributed by atoms with Gasteiger partial charge < -0.3 is 10.6 Å². The Bertz CT molecular complexity index is 559. The number of anilines is 1. The molecule has 3 heteroatoms. The van der Waals surface area contributed by atoms with Crippen molar-refractivity contribution >= 4 is 11.6 Å². The molecule has 0 unspecified atom stereocenters. The number of benzene rings is 2. The van der Waals surface area contributed by atoms with Crippen LogP contribution in [-0.4, -0.2) is 5.91 Å². The van der Waals surface area contributed by atoms with Crippen LogP contribution < -0.4 is 10.6 Å². The lowest BCUT2D eigenvalue weighted by Crippen LogP contribution is -2.12. The Morgan fingerprint density at radius 3 is 1.90 bits per heavy atom. The van der Waals surface area contributed by atoms with Gasteiger partial charge >= 0.3 is 0 Å².